The zero-order valence-corrected chi connectivity index (χ0v) is 10.5. The summed E-state index contributed by atoms with van der Waals surface area (Å²) in [4.78, 5) is 21.9. The van der Waals surface area contributed by atoms with Crippen LogP contribution in [0.25, 0.3) is 0 Å². The van der Waals surface area contributed by atoms with E-state index < -0.39 is 24.8 Å². The van der Waals surface area contributed by atoms with Crippen LogP contribution >= 0.6 is 0 Å². The van der Waals surface area contributed by atoms with Crippen molar-refractivity contribution in [2.75, 3.05) is 6.79 Å². The van der Waals surface area contributed by atoms with Gasteiger partial charge in [0, 0.05) is 6.92 Å². The normalized spacial score (nSPS) is 11.7. The van der Waals surface area contributed by atoms with E-state index in [9.17, 15) is 9.59 Å². The molecule has 0 fully saturated rings. The van der Waals surface area contributed by atoms with Crippen LogP contribution < -0.4 is 5.73 Å². The Bertz CT molecular complexity index is 414. The molecular formula is C13H17NO4. The smallest absolute Gasteiger partial charge is 0.326 e. The number of rotatable bonds is 5. The van der Waals surface area contributed by atoms with Crippen molar-refractivity contribution in [1.29, 1.82) is 0 Å². The highest BCUT2D eigenvalue weighted by atomic mass is 16.7. The van der Waals surface area contributed by atoms with Crippen molar-refractivity contribution >= 4 is 11.9 Å². The van der Waals surface area contributed by atoms with Crippen LogP contribution in [0.5, 0.6) is 0 Å². The Morgan fingerprint density at radius 1 is 1.22 bits per heavy atom. The standard InChI is InChI=1S/C13H17NO4/c1-9-3-5-11(6-4-9)7-12(14)13(16)18-8-17-10(2)15/h3-6,12H,7-8,14H2,1-2H3. The van der Waals surface area contributed by atoms with E-state index in [4.69, 9.17) is 10.5 Å². The van der Waals surface area contributed by atoms with Crippen molar-refractivity contribution in [1.82, 2.24) is 0 Å². The molecule has 0 saturated heterocycles. The van der Waals surface area contributed by atoms with Gasteiger partial charge in [-0.1, -0.05) is 29.8 Å². The van der Waals surface area contributed by atoms with Gasteiger partial charge in [-0.15, -0.1) is 0 Å². The molecule has 0 amide bonds. The van der Waals surface area contributed by atoms with Crippen LogP contribution in [0.15, 0.2) is 24.3 Å². The van der Waals surface area contributed by atoms with Gasteiger partial charge < -0.3 is 15.2 Å². The zero-order valence-electron chi connectivity index (χ0n) is 10.5. The van der Waals surface area contributed by atoms with Gasteiger partial charge in [0.25, 0.3) is 0 Å². The number of esters is 2. The van der Waals surface area contributed by atoms with E-state index in [0.717, 1.165) is 11.1 Å². The second kappa shape index (κ2) is 6.76. The molecule has 0 aliphatic rings. The first-order chi connectivity index (χ1) is 8.49. The fourth-order valence-electron chi connectivity index (χ4n) is 1.34. The van der Waals surface area contributed by atoms with Gasteiger partial charge >= 0.3 is 11.9 Å². The summed E-state index contributed by atoms with van der Waals surface area (Å²) >= 11 is 0. The predicted octanol–water partition coefficient (Wildman–Crippen LogP) is 0.929. The summed E-state index contributed by atoms with van der Waals surface area (Å²) in [7, 11) is 0. The average Bonchev–Trinajstić information content (AvgIpc) is 2.31. The van der Waals surface area contributed by atoms with E-state index in [0.29, 0.717) is 6.42 Å². The Labute approximate surface area is 106 Å². The molecule has 0 aliphatic heterocycles. The van der Waals surface area contributed by atoms with Crippen LogP contribution in [0.2, 0.25) is 0 Å². The maximum absolute atomic E-state index is 11.5. The van der Waals surface area contributed by atoms with Gasteiger partial charge in [0.1, 0.15) is 6.04 Å². The van der Waals surface area contributed by atoms with Crippen molar-refractivity contribution in [3.8, 4) is 0 Å². The molecule has 0 bridgehead atoms. The van der Waals surface area contributed by atoms with E-state index in [-0.39, 0.29) is 0 Å². The Morgan fingerprint density at radius 3 is 2.39 bits per heavy atom. The number of carbonyl (C=O) groups excluding carboxylic acids is 2. The average molecular weight is 251 g/mol. The molecule has 5 nitrogen and oxygen atoms in total. The molecule has 0 radical (unpaired) electrons. The molecule has 2 N–H and O–H groups in total. The van der Waals surface area contributed by atoms with Crippen LogP contribution in [-0.4, -0.2) is 24.8 Å². The Morgan fingerprint density at radius 2 is 1.83 bits per heavy atom. The first-order valence-corrected chi connectivity index (χ1v) is 5.60. The molecule has 0 heterocycles. The Kier molecular flexibility index (Phi) is 5.32. The van der Waals surface area contributed by atoms with Crippen molar-refractivity contribution in [2.45, 2.75) is 26.3 Å². The first kappa shape index (κ1) is 14.2. The molecule has 0 saturated carbocycles. The lowest BCUT2D eigenvalue weighted by Gasteiger charge is -2.11. The van der Waals surface area contributed by atoms with Crippen molar-refractivity contribution in [3.05, 3.63) is 35.4 Å². The molecule has 18 heavy (non-hydrogen) atoms. The van der Waals surface area contributed by atoms with Gasteiger partial charge in [-0.2, -0.15) is 0 Å². The number of carbonyl (C=O) groups is 2. The number of hydrogen-bond donors (Lipinski definition) is 1. The number of hydrogen-bond acceptors (Lipinski definition) is 5. The lowest BCUT2D eigenvalue weighted by molar-refractivity contribution is -0.166. The van der Waals surface area contributed by atoms with Crippen molar-refractivity contribution in [2.24, 2.45) is 5.73 Å². The van der Waals surface area contributed by atoms with Crippen molar-refractivity contribution < 1.29 is 19.1 Å². The van der Waals surface area contributed by atoms with Crippen LogP contribution in [0.4, 0.5) is 0 Å². The lowest BCUT2D eigenvalue weighted by atomic mass is 10.1. The third-order valence-corrected chi connectivity index (χ3v) is 2.34. The van der Waals surface area contributed by atoms with Crippen LogP contribution in [-0.2, 0) is 25.5 Å². The zero-order chi connectivity index (χ0) is 13.5. The highest BCUT2D eigenvalue weighted by Gasteiger charge is 2.15. The molecule has 98 valence electrons. The SMILES string of the molecule is CC(=O)OCOC(=O)C(N)Cc1ccc(C)cc1. The molecule has 1 atom stereocenters. The molecule has 0 aromatic heterocycles. The minimum Gasteiger partial charge on any atom is -0.428 e. The molecule has 1 unspecified atom stereocenters. The van der Waals surface area contributed by atoms with Gasteiger partial charge in [-0.25, -0.2) is 0 Å². The van der Waals surface area contributed by atoms with Gasteiger partial charge in [-0.05, 0) is 18.9 Å². The number of aryl methyl sites for hydroxylation is 1. The number of ether oxygens (including phenoxy) is 2. The summed E-state index contributed by atoms with van der Waals surface area (Å²) in [5, 5.41) is 0. The van der Waals surface area contributed by atoms with Gasteiger partial charge in [-0.3, -0.25) is 9.59 Å². The van der Waals surface area contributed by atoms with E-state index in [2.05, 4.69) is 4.74 Å². The van der Waals surface area contributed by atoms with Crippen LogP contribution in [0.1, 0.15) is 18.1 Å². The fraction of sp³-hybridized carbons (Fsp3) is 0.385. The van der Waals surface area contributed by atoms with Crippen LogP contribution in [0, 0.1) is 6.92 Å². The maximum Gasteiger partial charge on any atom is 0.326 e. The van der Waals surface area contributed by atoms with Crippen LogP contribution in [0.3, 0.4) is 0 Å². The second-order valence-corrected chi connectivity index (χ2v) is 4.01. The number of nitrogens with two attached hydrogens (primary N) is 1. The summed E-state index contributed by atoms with van der Waals surface area (Å²) in [5.41, 5.74) is 7.79. The minimum absolute atomic E-state index is 0.388. The number of benzene rings is 1. The van der Waals surface area contributed by atoms with E-state index in [1.54, 1.807) is 0 Å². The van der Waals surface area contributed by atoms with E-state index in [1.165, 1.54) is 6.92 Å². The molecule has 0 aliphatic carbocycles. The topological polar surface area (TPSA) is 78.6 Å². The third kappa shape index (κ3) is 4.97. The quantitative estimate of drug-likeness (QED) is 0.622. The molecule has 1 rings (SSSR count). The highest BCUT2D eigenvalue weighted by molar-refractivity contribution is 5.76. The Hall–Kier alpha value is -1.88. The van der Waals surface area contributed by atoms with Crippen molar-refractivity contribution in [3.63, 3.8) is 0 Å². The molecular weight excluding hydrogens is 234 g/mol. The lowest BCUT2D eigenvalue weighted by Crippen LogP contribution is -2.35. The molecule has 0 spiro atoms. The second-order valence-electron chi connectivity index (χ2n) is 4.01. The monoisotopic (exact) mass is 251 g/mol. The summed E-state index contributed by atoms with van der Waals surface area (Å²) in [6.45, 7) is 2.83. The third-order valence-electron chi connectivity index (χ3n) is 2.34. The minimum atomic E-state index is -0.761. The van der Waals surface area contributed by atoms with Gasteiger partial charge in [0.15, 0.2) is 0 Å². The summed E-state index contributed by atoms with van der Waals surface area (Å²) in [6, 6.07) is 6.96. The fourth-order valence-corrected chi connectivity index (χ4v) is 1.34. The highest BCUT2D eigenvalue weighted by Crippen LogP contribution is 2.06. The van der Waals surface area contributed by atoms with E-state index >= 15 is 0 Å². The van der Waals surface area contributed by atoms with Gasteiger partial charge in [0.05, 0.1) is 0 Å². The molecule has 1 aromatic rings. The van der Waals surface area contributed by atoms with E-state index in [1.807, 2.05) is 31.2 Å². The summed E-state index contributed by atoms with van der Waals surface area (Å²) in [5.74, 6) is -1.09. The predicted molar refractivity (Wildman–Crippen MR) is 65.6 cm³/mol. The maximum atomic E-state index is 11.5. The largest absolute Gasteiger partial charge is 0.428 e. The first-order valence-electron chi connectivity index (χ1n) is 5.60. The van der Waals surface area contributed by atoms with Gasteiger partial charge in [0.2, 0.25) is 6.79 Å². The molecule has 1 aromatic carbocycles. The summed E-state index contributed by atoms with van der Waals surface area (Å²) in [6.07, 6.45) is 0.388. The Balaban J connectivity index is 2.39. The molecule has 5 heteroatoms. The summed E-state index contributed by atoms with van der Waals surface area (Å²) < 4.78 is 9.19.